The third kappa shape index (κ3) is 5.62. The van der Waals surface area contributed by atoms with E-state index in [4.69, 9.17) is 4.74 Å². The molecule has 0 spiro atoms. The predicted molar refractivity (Wildman–Crippen MR) is 118 cm³/mol. The third-order valence-electron chi connectivity index (χ3n) is 5.55. The van der Waals surface area contributed by atoms with Crippen LogP contribution in [0.1, 0.15) is 61.8 Å². The Morgan fingerprint density at radius 2 is 1.90 bits per heavy atom. The SMILES string of the molecule is Cc1ccc(C(C)C)cc1OC(C)C(=O)NCc1cccc(CN2CCCC2=O)c1. The minimum atomic E-state index is -0.587. The fourth-order valence-corrected chi connectivity index (χ4v) is 3.61. The van der Waals surface area contributed by atoms with Crippen molar-refractivity contribution >= 4 is 11.8 Å². The van der Waals surface area contributed by atoms with Crippen LogP contribution >= 0.6 is 0 Å². The molecule has 0 aliphatic carbocycles. The summed E-state index contributed by atoms with van der Waals surface area (Å²) in [5.41, 5.74) is 4.31. The van der Waals surface area contributed by atoms with Crippen molar-refractivity contribution in [3.8, 4) is 5.75 Å². The van der Waals surface area contributed by atoms with Crippen LogP contribution in [0.5, 0.6) is 5.75 Å². The number of hydrogen-bond donors (Lipinski definition) is 1. The molecule has 0 saturated carbocycles. The molecular formula is C25H32N2O3. The second kappa shape index (κ2) is 9.79. The molecule has 1 N–H and O–H groups in total. The summed E-state index contributed by atoms with van der Waals surface area (Å²) in [5, 5.41) is 2.96. The normalized spacial score (nSPS) is 14.8. The molecule has 3 rings (SSSR count). The van der Waals surface area contributed by atoms with Gasteiger partial charge in [0.2, 0.25) is 5.91 Å². The average Bonchev–Trinajstić information content (AvgIpc) is 3.12. The number of carbonyl (C=O) groups excluding carboxylic acids is 2. The molecule has 0 radical (unpaired) electrons. The smallest absolute Gasteiger partial charge is 0.261 e. The summed E-state index contributed by atoms with van der Waals surface area (Å²) in [7, 11) is 0. The van der Waals surface area contributed by atoms with Crippen LogP contribution in [0, 0.1) is 6.92 Å². The highest BCUT2D eigenvalue weighted by Gasteiger charge is 2.20. The zero-order valence-corrected chi connectivity index (χ0v) is 18.4. The van der Waals surface area contributed by atoms with E-state index in [1.807, 2.05) is 48.2 Å². The summed E-state index contributed by atoms with van der Waals surface area (Å²) >= 11 is 0. The number of nitrogens with one attached hydrogen (secondary N) is 1. The standard InChI is InChI=1S/C25H32N2O3/c1-17(2)22-11-10-18(3)23(14-22)30-19(4)25(29)26-15-20-7-5-8-21(13-20)16-27-12-6-9-24(27)28/h5,7-8,10-11,13-14,17,19H,6,9,12,15-16H2,1-4H3,(H,26,29). The number of likely N-dealkylation sites (tertiary alicyclic amines) is 1. The molecule has 0 bridgehead atoms. The first-order valence-electron chi connectivity index (χ1n) is 10.7. The molecule has 160 valence electrons. The molecule has 5 nitrogen and oxygen atoms in total. The maximum atomic E-state index is 12.6. The largest absolute Gasteiger partial charge is 0.481 e. The van der Waals surface area contributed by atoms with E-state index in [0.717, 1.165) is 35.4 Å². The average molecular weight is 409 g/mol. The van der Waals surface area contributed by atoms with Crippen LogP contribution in [0.2, 0.25) is 0 Å². The molecule has 1 unspecified atom stereocenters. The van der Waals surface area contributed by atoms with Gasteiger partial charge in [-0.2, -0.15) is 0 Å². The van der Waals surface area contributed by atoms with Crippen molar-refractivity contribution in [1.82, 2.24) is 10.2 Å². The topological polar surface area (TPSA) is 58.6 Å². The Hall–Kier alpha value is -2.82. The summed E-state index contributed by atoms with van der Waals surface area (Å²) in [6, 6.07) is 14.2. The molecule has 1 saturated heterocycles. The molecule has 1 aliphatic heterocycles. The lowest BCUT2D eigenvalue weighted by Crippen LogP contribution is -2.36. The number of amides is 2. The highest BCUT2D eigenvalue weighted by Crippen LogP contribution is 2.25. The molecule has 1 heterocycles. The molecule has 2 aromatic rings. The molecule has 2 amide bonds. The van der Waals surface area contributed by atoms with Gasteiger partial charge < -0.3 is 15.0 Å². The Balaban J connectivity index is 1.56. The van der Waals surface area contributed by atoms with E-state index in [2.05, 4.69) is 25.2 Å². The fraction of sp³-hybridized carbons (Fsp3) is 0.440. The maximum Gasteiger partial charge on any atom is 0.261 e. The van der Waals surface area contributed by atoms with Crippen LogP contribution in [0.25, 0.3) is 0 Å². The zero-order valence-electron chi connectivity index (χ0n) is 18.4. The Bertz CT molecular complexity index is 907. The Labute approximate surface area is 179 Å². The lowest BCUT2D eigenvalue weighted by molar-refractivity contribution is -0.128. The third-order valence-corrected chi connectivity index (χ3v) is 5.55. The lowest BCUT2D eigenvalue weighted by Gasteiger charge is -2.18. The van der Waals surface area contributed by atoms with Crippen molar-refractivity contribution in [2.75, 3.05) is 6.54 Å². The number of ether oxygens (including phenoxy) is 1. The molecule has 2 aromatic carbocycles. The van der Waals surface area contributed by atoms with E-state index in [9.17, 15) is 9.59 Å². The van der Waals surface area contributed by atoms with Gasteiger partial charge in [-0.05, 0) is 54.5 Å². The summed E-state index contributed by atoms with van der Waals surface area (Å²) in [6.45, 7) is 9.92. The Morgan fingerprint density at radius 3 is 2.60 bits per heavy atom. The fourth-order valence-electron chi connectivity index (χ4n) is 3.61. The second-order valence-corrected chi connectivity index (χ2v) is 8.40. The van der Waals surface area contributed by atoms with Gasteiger partial charge in [0.05, 0.1) is 0 Å². The number of aryl methyl sites for hydroxylation is 1. The zero-order chi connectivity index (χ0) is 21.7. The first kappa shape index (κ1) is 21.9. The van der Waals surface area contributed by atoms with Crippen LogP contribution in [-0.4, -0.2) is 29.4 Å². The van der Waals surface area contributed by atoms with Gasteiger partial charge in [-0.1, -0.05) is 50.2 Å². The minimum absolute atomic E-state index is 0.149. The molecule has 30 heavy (non-hydrogen) atoms. The molecular weight excluding hydrogens is 376 g/mol. The quantitative estimate of drug-likeness (QED) is 0.707. The van der Waals surface area contributed by atoms with E-state index in [1.165, 1.54) is 5.56 Å². The predicted octanol–water partition coefficient (Wildman–Crippen LogP) is 4.32. The molecule has 0 aromatic heterocycles. The first-order chi connectivity index (χ1) is 14.3. The van der Waals surface area contributed by atoms with Crippen LogP contribution < -0.4 is 10.1 Å². The van der Waals surface area contributed by atoms with Crippen LogP contribution in [0.3, 0.4) is 0 Å². The second-order valence-electron chi connectivity index (χ2n) is 8.40. The van der Waals surface area contributed by atoms with E-state index < -0.39 is 6.10 Å². The van der Waals surface area contributed by atoms with Gasteiger partial charge >= 0.3 is 0 Å². The highest BCUT2D eigenvalue weighted by atomic mass is 16.5. The van der Waals surface area contributed by atoms with E-state index in [0.29, 0.717) is 25.4 Å². The Morgan fingerprint density at radius 1 is 1.13 bits per heavy atom. The molecule has 1 atom stereocenters. The summed E-state index contributed by atoms with van der Waals surface area (Å²) in [4.78, 5) is 26.3. The van der Waals surface area contributed by atoms with Crippen molar-refractivity contribution in [2.24, 2.45) is 0 Å². The van der Waals surface area contributed by atoms with Gasteiger partial charge in [0.25, 0.3) is 5.91 Å². The Kier molecular flexibility index (Phi) is 7.14. The van der Waals surface area contributed by atoms with Crippen molar-refractivity contribution in [1.29, 1.82) is 0 Å². The van der Waals surface area contributed by atoms with Crippen molar-refractivity contribution in [2.45, 2.75) is 65.6 Å². The van der Waals surface area contributed by atoms with Crippen LogP contribution in [-0.2, 0) is 22.7 Å². The van der Waals surface area contributed by atoms with E-state index in [1.54, 1.807) is 6.92 Å². The van der Waals surface area contributed by atoms with Gasteiger partial charge in [-0.25, -0.2) is 0 Å². The number of rotatable bonds is 8. The van der Waals surface area contributed by atoms with Crippen molar-refractivity contribution < 1.29 is 14.3 Å². The van der Waals surface area contributed by atoms with Crippen LogP contribution in [0.4, 0.5) is 0 Å². The van der Waals surface area contributed by atoms with Crippen molar-refractivity contribution in [3.63, 3.8) is 0 Å². The highest BCUT2D eigenvalue weighted by molar-refractivity contribution is 5.80. The maximum absolute atomic E-state index is 12.6. The monoisotopic (exact) mass is 408 g/mol. The minimum Gasteiger partial charge on any atom is -0.481 e. The molecule has 1 aliphatic rings. The molecule has 1 fully saturated rings. The summed E-state index contributed by atoms with van der Waals surface area (Å²) in [5.74, 6) is 1.22. The lowest BCUT2D eigenvalue weighted by atomic mass is 10.0. The van der Waals surface area contributed by atoms with Crippen LogP contribution in [0.15, 0.2) is 42.5 Å². The summed E-state index contributed by atoms with van der Waals surface area (Å²) < 4.78 is 5.95. The summed E-state index contributed by atoms with van der Waals surface area (Å²) in [6.07, 6.45) is 0.996. The first-order valence-corrected chi connectivity index (χ1v) is 10.7. The molecule has 5 heteroatoms. The van der Waals surface area contributed by atoms with E-state index >= 15 is 0 Å². The van der Waals surface area contributed by atoms with Gasteiger partial charge in [-0.15, -0.1) is 0 Å². The van der Waals surface area contributed by atoms with Gasteiger partial charge in [0.1, 0.15) is 5.75 Å². The van der Waals surface area contributed by atoms with E-state index in [-0.39, 0.29) is 11.8 Å². The number of nitrogens with zero attached hydrogens (tertiary/aromatic N) is 1. The number of benzene rings is 2. The van der Waals surface area contributed by atoms with Gasteiger partial charge in [-0.3, -0.25) is 9.59 Å². The van der Waals surface area contributed by atoms with Gasteiger partial charge in [0, 0.05) is 26.1 Å². The van der Waals surface area contributed by atoms with Crippen molar-refractivity contribution in [3.05, 3.63) is 64.7 Å². The van der Waals surface area contributed by atoms with Gasteiger partial charge in [0.15, 0.2) is 6.10 Å². The number of hydrogen-bond acceptors (Lipinski definition) is 3. The number of carbonyl (C=O) groups is 2.